The van der Waals surface area contributed by atoms with Crippen molar-refractivity contribution in [2.24, 2.45) is 0 Å². The lowest BCUT2D eigenvalue weighted by Crippen LogP contribution is -2.38. The monoisotopic (exact) mass is 330 g/mol. The Hall–Kier alpha value is -2.41. The highest BCUT2D eigenvalue weighted by Gasteiger charge is 2.24. The van der Waals surface area contributed by atoms with Crippen LogP contribution in [-0.4, -0.2) is 30.0 Å². The van der Waals surface area contributed by atoms with Gasteiger partial charge in [0, 0.05) is 24.2 Å². The second kappa shape index (κ2) is 6.37. The molecule has 0 radical (unpaired) electrons. The van der Waals surface area contributed by atoms with Crippen molar-refractivity contribution in [1.82, 2.24) is 10.3 Å². The molecule has 2 N–H and O–H groups in total. The van der Waals surface area contributed by atoms with Crippen molar-refractivity contribution >= 4 is 34.6 Å². The summed E-state index contributed by atoms with van der Waals surface area (Å²) < 4.78 is 0. The van der Waals surface area contributed by atoms with Gasteiger partial charge in [-0.3, -0.25) is 9.69 Å². The van der Waals surface area contributed by atoms with Crippen LogP contribution in [0.25, 0.3) is 0 Å². The number of rotatable bonds is 3. The van der Waals surface area contributed by atoms with E-state index in [1.54, 1.807) is 10.3 Å². The Bertz CT molecular complexity index is 756. The standard InChI is InChI=1S/C16H18N4O2S/c1-3-17-16(22)20-7-6-11-4-5-12(8-14(11)20)19-15(21)13-9-23-10(2)18-13/h4-5,8-9H,3,6-7H2,1-2H3,(H,17,22)(H,19,21). The number of benzene rings is 1. The van der Waals surface area contributed by atoms with Crippen molar-refractivity contribution in [1.29, 1.82) is 0 Å². The maximum Gasteiger partial charge on any atom is 0.321 e. The molecule has 3 rings (SSSR count). The molecule has 0 fully saturated rings. The molecule has 2 heterocycles. The molecule has 0 spiro atoms. The van der Waals surface area contributed by atoms with Crippen molar-refractivity contribution in [3.05, 3.63) is 39.8 Å². The van der Waals surface area contributed by atoms with E-state index in [1.807, 2.05) is 32.0 Å². The molecular formula is C16H18N4O2S. The molecule has 1 aliphatic heterocycles. The number of urea groups is 1. The molecule has 0 bridgehead atoms. The number of anilines is 2. The summed E-state index contributed by atoms with van der Waals surface area (Å²) in [7, 11) is 0. The highest BCUT2D eigenvalue weighted by atomic mass is 32.1. The highest BCUT2D eigenvalue weighted by molar-refractivity contribution is 7.09. The van der Waals surface area contributed by atoms with Gasteiger partial charge in [-0.05, 0) is 38.0 Å². The van der Waals surface area contributed by atoms with Gasteiger partial charge in [0.15, 0.2) is 0 Å². The zero-order chi connectivity index (χ0) is 16.4. The third-order valence-electron chi connectivity index (χ3n) is 3.66. The lowest BCUT2D eigenvalue weighted by molar-refractivity contribution is 0.102. The van der Waals surface area contributed by atoms with E-state index in [2.05, 4.69) is 15.6 Å². The number of aromatic nitrogens is 1. The predicted molar refractivity (Wildman–Crippen MR) is 91.4 cm³/mol. The Balaban J connectivity index is 1.79. The minimum absolute atomic E-state index is 0.107. The number of fused-ring (bicyclic) bond motifs is 1. The van der Waals surface area contributed by atoms with E-state index in [-0.39, 0.29) is 11.9 Å². The molecule has 0 saturated carbocycles. The van der Waals surface area contributed by atoms with Crippen LogP contribution < -0.4 is 15.5 Å². The summed E-state index contributed by atoms with van der Waals surface area (Å²) in [6.45, 7) is 5.00. The first-order valence-electron chi connectivity index (χ1n) is 7.50. The molecule has 6 nitrogen and oxygen atoms in total. The van der Waals surface area contributed by atoms with Gasteiger partial charge in [0.05, 0.1) is 10.7 Å². The average Bonchev–Trinajstić information content (AvgIpc) is 3.13. The molecule has 0 atom stereocenters. The number of hydrogen-bond acceptors (Lipinski definition) is 4. The normalized spacial score (nSPS) is 12.9. The van der Waals surface area contributed by atoms with Gasteiger partial charge in [-0.2, -0.15) is 0 Å². The SMILES string of the molecule is CCNC(=O)N1CCc2ccc(NC(=O)c3csc(C)n3)cc21. The molecule has 1 aliphatic rings. The molecule has 0 saturated heterocycles. The highest BCUT2D eigenvalue weighted by Crippen LogP contribution is 2.31. The second-order valence-corrected chi connectivity index (χ2v) is 6.35. The number of amides is 3. The number of aryl methyl sites for hydroxylation is 1. The van der Waals surface area contributed by atoms with Crippen LogP contribution in [0.3, 0.4) is 0 Å². The molecule has 23 heavy (non-hydrogen) atoms. The summed E-state index contributed by atoms with van der Waals surface area (Å²) >= 11 is 1.44. The number of nitrogens with zero attached hydrogens (tertiary/aromatic N) is 2. The molecule has 1 aromatic heterocycles. The van der Waals surface area contributed by atoms with Crippen LogP contribution in [0.2, 0.25) is 0 Å². The van der Waals surface area contributed by atoms with E-state index in [0.717, 1.165) is 22.7 Å². The van der Waals surface area contributed by atoms with Gasteiger partial charge in [-0.15, -0.1) is 11.3 Å². The molecule has 1 aromatic carbocycles. The predicted octanol–water partition coefficient (Wildman–Crippen LogP) is 2.80. The van der Waals surface area contributed by atoms with Gasteiger partial charge in [-0.1, -0.05) is 6.07 Å². The minimum Gasteiger partial charge on any atom is -0.338 e. The summed E-state index contributed by atoms with van der Waals surface area (Å²) in [6.07, 6.45) is 0.825. The van der Waals surface area contributed by atoms with Crippen molar-refractivity contribution in [3.63, 3.8) is 0 Å². The van der Waals surface area contributed by atoms with E-state index in [1.165, 1.54) is 11.3 Å². The topological polar surface area (TPSA) is 74.3 Å². The zero-order valence-electron chi connectivity index (χ0n) is 13.0. The van der Waals surface area contributed by atoms with Gasteiger partial charge in [0.25, 0.3) is 5.91 Å². The molecule has 0 unspecified atom stereocenters. The Kier molecular flexibility index (Phi) is 4.29. The zero-order valence-corrected chi connectivity index (χ0v) is 13.9. The summed E-state index contributed by atoms with van der Waals surface area (Å²) in [4.78, 5) is 30.2. The van der Waals surface area contributed by atoms with Crippen LogP contribution in [-0.2, 0) is 6.42 Å². The van der Waals surface area contributed by atoms with Gasteiger partial charge < -0.3 is 10.6 Å². The van der Waals surface area contributed by atoms with Crippen LogP contribution in [0, 0.1) is 6.92 Å². The summed E-state index contributed by atoms with van der Waals surface area (Å²) in [5.41, 5.74) is 3.03. The third kappa shape index (κ3) is 3.19. The maximum atomic E-state index is 12.2. The summed E-state index contributed by atoms with van der Waals surface area (Å²) in [5, 5.41) is 8.24. The fourth-order valence-electron chi connectivity index (χ4n) is 2.58. The van der Waals surface area contributed by atoms with Crippen molar-refractivity contribution in [2.75, 3.05) is 23.3 Å². The number of nitrogens with one attached hydrogen (secondary N) is 2. The fraction of sp³-hybridized carbons (Fsp3) is 0.312. The third-order valence-corrected chi connectivity index (χ3v) is 4.44. The summed E-state index contributed by atoms with van der Waals surface area (Å²) in [6, 6.07) is 5.55. The van der Waals surface area contributed by atoms with E-state index in [9.17, 15) is 9.59 Å². The summed E-state index contributed by atoms with van der Waals surface area (Å²) in [5.74, 6) is -0.239. The molecule has 0 aliphatic carbocycles. The average molecular weight is 330 g/mol. The minimum atomic E-state index is -0.239. The van der Waals surface area contributed by atoms with Crippen molar-refractivity contribution in [3.8, 4) is 0 Å². The maximum absolute atomic E-state index is 12.2. The van der Waals surface area contributed by atoms with E-state index in [4.69, 9.17) is 0 Å². The van der Waals surface area contributed by atoms with Crippen LogP contribution in [0.1, 0.15) is 28.0 Å². The number of hydrogen-bond donors (Lipinski definition) is 2. The Morgan fingerprint density at radius 1 is 1.39 bits per heavy atom. The fourth-order valence-corrected chi connectivity index (χ4v) is 3.17. The van der Waals surface area contributed by atoms with E-state index in [0.29, 0.717) is 24.5 Å². The number of carbonyl (C=O) groups excluding carboxylic acids is 2. The first-order valence-corrected chi connectivity index (χ1v) is 8.38. The van der Waals surface area contributed by atoms with Crippen LogP contribution in [0.4, 0.5) is 16.2 Å². The molecule has 3 amide bonds. The van der Waals surface area contributed by atoms with Crippen LogP contribution in [0.15, 0.2) is 23.6 Å². The van der Waals surface area contributed by atoms with E-state index >= 15 is 0 Å². The quantitative estimate of drug-likeness (QED) is 0.909. The van der Waals surface area contributed by atoms with E-state index < -0.39 is 0 Å². The molecular weight excluding hydrogens is 312 g/mol. The lowest BCUT2D eigenvalue weighted by Gasteiger charge is -2.18. The van der Waals surface area contributed by atoms with Crippen molar-refractivity contribution in [2.45, 2.75) is 20.3 Å². The lowest BCUT2D eigenvalue weighted by atomic mass is 10.1. The van der Waals surface area contributed by atoms with Gasteiger partial charge >= 0.3 is 6.03 Å². The van der Waals surface area contributed by atoms with Gasteiger partial charge in [0.1, 0.15) is 5.69 Å². The smallest absolute Gasteiger partial charge is 0.321 e. The molecule has 7 heteroatoms. The first-order chi connectivity index (χ1) is 11.1. The Morgan fingerprint density at radius 3 is 2.91 bits per heavy atom. The van der Waals surface area contributed by atoms with Crippen LogP contribution in [0.5, 0.6) is 0 Å². The van der Waals surface area contributed by atoms with Gasteiger partial charge in [0.2, 0.25) is 0 Å². The first kappa shape index (κ1) is 15.5. The molecule has 2 aromatic rings. The number of carbonyl (C=O) groups is 2. The van der Waals surface area contributed by atoms with Gasteiger partial charge in [-0.25, -0.2) is 9.78 Å². The number of thiazole rings is 1. The van der Waals surface area contributed by atoms with Crippen molar-refractivity contribution < 1.29 is 9.59 Å². The molecule has 120 valence electrons. The largest absolute Gasteiger partial charge is 0.338 e. The second-order valence-electron chi connectivity index (χ2n) is 5.29. The van der Waals surface area contributed by atoms with Crippen LogP contribution >= 0.6 is 11.3 Å². The Labute approximate surface area is 138 Å². The Morgan fingerprint density at radius 2 is 2.22 bits per heavy atom.